The van der Waals surface area contributed by atoms with Crippen LogP contribution in [0.25, 0.3) is 11.1 Å². The van der Waals surface area contributed by atoms with Crippen LogP contribution in [0.1, 0.15) is 34.1 Å². The van der Waals surface area contributed by atoms with Gasteiger partial charge in [-0.25, -0.2) is 0 Å². The molecule has 0 atom stereocenters. The summed E-state index contributed by atoms with van der Waals surface area (Å²) in [6.45, 7) is 4.87. The highest BCUT2D eigenvalue weighted by Crippen LogP contribution is 2.24. The second kappa shape index (κ2) is 9.75. The molecule has 0 unspecified atom stereocenters. The zero-order valence-corrected chi connectivity index (χ0v) is 16.7. The van der Waals surface area contributed by atoms with Crippen molar-refractivity contribution in [1.82, 2.24) is 10.3 Å². The SMILES string of the molecule is CCc1cccc(-c2cnc(C=O)c(NC(=O)CNCc3cccc(C)c3)c2)c1. The second-order valence-corrected chi connectivity index (χ2v) is 6.97. The van der Waals surface area contributed by atoms with Crippen LogP contribution in [0.2, 0.25) is 0 Å². The molecule has 0 bridgehead atoms. The lowest BCUT2D eigenvalue weighted by Crippen LogP contribution is -2.28. The largest absolute Gasteiger partial charge is 0.323 e. The third-order valence-electron chi connectivity index (χ3n) is 4.67. The maximum atomic E-state index is 12.4. The van der Waals surface area contributed by atoms with E-state index >= 15 is 0 Å². The average molecular weight is 387 g/mol. The molecule has 0 aliphatic heterocycles. The lowest BCUT2D eigenvalue weighted by Gasteiger charge is -2.11. The molecule has 3 rings (SSSR count). The lowest BCUT2D eigenvalue weighted by molar-refractivity contribution is -0.115. The Balaban J connectivity index is 1.68. The first-order chi connectivity index (χ1) is 14.1. The van der Waals surface area contributed by atoms with Crippen LogP contribution < -0.4 is 10.6 Å². The van der Waals surface area contributed by atoms with Gasteiger partial charge in [0, 0.05) is 18.3 Å². The maximum Gasteiger partial charge on any atom is 0.238 e. The Labute approximate surface area is 171 Å². The molecule has 1 heterocycles. The fourth-order valence-corrected chi connectivity index (χ4v) is 3.13. The summed E-state index contributed by atoms with van der Waals surface area (Å²) in [4.78, 5) is 27.9. The van der Waals surface area contributed by atoms with Gasteiger partial charge in [-0.3, -0.25) is 14.6 Å². The molecule has 5 heteroatoms. The molecule has 0 spiro atoms. The van der Waals surface area contributed by atoms with E-state index in [4.69, 9.17) is 0 Å². The van der Waals surface area contributed by atoms with E-state index in [2.05, 4.69) is 40.7 Å². The van der Waals surface area contributed by atoms with Gasteiger partial charge in [0.1, 0.15) is 5.69 Å². The van der Waals surface area contributed by atoms with E-state index in [1.54, 1.807) is 12.3 Å². The minimum Gasteiger partial charge on any atom is -0.323 e. The smallest absolute Gasteiger partial charge is 0.238 e. The van der Waals surface area contributed by atoms with Crippen LogP contribution >= 0.6 is 0 Å². The van der Waals surface area contributed by atoms with Gasteiger partial charge in [0.2, 0.25) is 5.91 Å². The molecular weight excluding hydrogens is 362 g/mol. The van der Waals surface area contributed by atoms with Crippen molar-refractivity contribution in [2.24, 2.45) is 0 Å². The highest BCUT2D eigenvalue weighted by atomic mass is 16.2. The number of pyridine rings is 1. The van der Waals surface area contributed by atoms with Gasteiger partial charge in [-0.15, -0.1) is 0 Å². The molecule has 0 aliphatic carbocycles. The van der Waals surface area contributed by atoms with Gasteiger partial charge in [0.05, 0.1) is 12.2 Å². The van der Waals surface area contributed by atoms with Crippen LogP contribution in [-0.2, 0) is 17.8 Å². The van der Waals surface area contributed by atoms with Crippen LogP contribution in [0.5, 0.6) is 0 Å². The third kappa shape index (κ3) is 5.59. The van der Waals surface area contributed by atoms with Gasteiger partial charge < -0.3 is 10.6 Å². The third-order valence-corrected chi connectivity index (χ3v) is 4.67. The number of benzene rings is 2. The molecule has 0 fully saturated rings. The minimum absolute atomic E-state index is 0.141. The number of aldehydes is 1. The molecule has 148 valence electrons. The lowest BCUT2D eigenvalue weighted by atomic mass is 10.0. The first kappa shape index (κ1) is 20.4. The Hall–Kier alpha value is -3.31. The van der Waals surface area contributed by atoms with Crippen molar-refractivity contribution >= 4 is 17.9 Å². The summed E-state index contributed by atoms with van der Waals surface area (Å²) in [6, 6.07) is 18.1. The van der Waals surface area contributed by atoms with Gasteiger partial charge in [-0.2, -0.15) is 0 Å². The molecule has 0 aliphatic rings. The quantitative estimate of drug-likeness (QED) is 0.570. The summed E-state index contributed by atoms with van der Waals surface area (Å²) >= 11 is 0. The molecule has 5 nitrogen and oxygen atoms in total. The van der Waals surface area contributed by atoms with Crippen LogP contribution in [0.15, 0.2) is 60.8 Å². The highest BCUT2D eigenvalue weighted by molar-refractivity contribution is 5.97. The van der Waals surface area contributed by atoms with Crippen LogP contribution in [-0.4, -0.2) is 23.7 Å². The Kier molecular flexibility index (Phi) is 6.87. The van der Waals surface area contributed by atoms with E-state index in [9.17, 15) is 9.59 Å². The van der Waals surface area contributed by atoms with Crippen LogP contribution in [0, 0.1) is 6.92 Å². The number of anilines is 1. The van der Waals surface area contributed by atoms with Crippen LogP contribution in [0.3, 0.4) is 0 Å². The molecular formula is C24H25N3O2. The monoisotopic (exact) mass is 387 g/mol. The van der Waals surface area contributed by atoms with E-state index < -0.39 is 0 Å². The molecule has 29 heavy (non-hydrogen) atoms. The number of carbonyl (C=O) groups is 2. The van der Waals surface area contributed by atoms with E-state index in [-0.39, 0.29) is 18.1 Å². The van der Waals surface area contributed by atoms with Gasteiger partial charge in [0.25, 0.3) is 0 Å². The van der Waals surface area contributed by atoms with Crippen molar-refractivity contribution in [2.45, 2.75) is 26.8 Å². The van der Waals surface area contributed by atoms with E-state index in [1.807, 2.05) is 37.3 Å². The second-order valence-electron chi connectivity index (χ2n) is 6.97. The van der Waals surface area contributed by atoms with Gasteiger partial charge >= 0.3 is 0 Å². The van der Waals surface area contributed by atoms with Crippen molar-refractivity contribution in [2.75, 3.05) is 11.9 Å². The van der Waals surface area contributed by atoms with Gasteiger partial charge in [-0.1, -0.05) is 61.0 Å². The van der Waals surface area contributed by atoms with Crippen molar-refractivity contribution in [3.05, 3.63) is 83.2 Å². The average Bonchev–Trinajstić information content (AvgIpc) is 2.74. The molecule has 1 amide bonds. The Morgan fingerprint density at radius 1 is 1.03 bits per heavy atom. The fourth-order valence-electron chi connectivity index (χ4n) is 3.13. The first-order valence-electron chi connectivity index (χ1n) is 9.69. The number of nitrogens with zero attached hydrogens (tertiary/aromatic N) is 1. The summed E-state index contributed by atoms with van der Waals surface area (Å²) in [7, 11) is 0. The summed E-state index contributed by atoms with van der Waals surface area (Å²) < 4.78 is 0. The standard InChI is InChI=1S/C24H25N3O2/c1-3-18-7-5-9-20(11-18)21-12-22(23(16-28)26-14-21)27-24(29)15-25-13-19-8-4-6-17(2)10-19/h4-12,14,16,25H,3,13,15H2,1-2H3,(H,27,29). The van der Waals surface area contributed by atoms with Crippen molar-refractivity contribution in [3.63, 3.8) is 0 Å². The number of amides is 1. The van der Waals surface area contributed by atoms with Crippen molar-refractivity contribution in [3.8, 4) is 11.1 Å². The van der Waals surface area contributed by atoms with Crippen molar-refractivity contribution < 1.29 is 9.59 Å². The Morgan fingerprint density at radius 2 is 1.83 bits per heavy atom. The number of aromatic nitrogens is 1. The number of hydrogen-bond donors (Lipinski definition) is 2. The van der Waals surface area contributed by atoms with Crippen LogP contribution in [0.4, 0.5) is 5.69 Å². The minimum atomic E-state index is -0.220. The number of carbonyl (C=O) groups excluding carboxylic acids is 2. The number of hydrogen-bond acceptors (Lipinski definition) is 4. The molecule has 0 saturated heterocycles. The predicted molar refractivity (Wildman–Crippen MR) is 116 cm³/mol. The van der Waals surface area contributed by atoms with E-state index in [0.29, 0.717) is 18.5 Å². The number of nitrogens with one attached hydrogen (secondary N) is 2. The van der Waals surface area contributed by atoms with E-state index in [1.165, 1.54) is 11.1 Å². The molecule has 0 saturated carbocycles. The normalized spacial score (nSPS) is 10.6. The first-order valence-corrected chi connectivity index (χ1v) is 9.69. The molecule has 2 aromatic carbocycles. The van der Waals surface area contributed by atoms with Crippen molar-refractivity contribution in [1.29, 1.82) is 0 Å². The number of rotatable bonds is 8. The van der Waals surface area contributed by atoms with Gasteiger partial charge in [-0.05, 0) is 36.1 Å². The van der Waals surface area contributed by atoms with E-state index in [0.717, 1.165) is 23.1 Å². The molecule has 1 aromatic heterocycles. The summed E-state index contributed by atoms with van der Waals surface area (Å²) in [5.41, 5.74) is 6.00. The zero-order valence-electron chi connectivity index (χ0n) is 16.7. The number of aryl methyl sites for hydroxylation is 2. The Bertz CT molecular complexity index is 1010. The molecule has 2 N–H and O–H groups in total. The summed E-state index contributed by atoms with van der Waals surface area (Å²) in [5.74, 6) is -0.220. The summed E-state index contributed by atoms with van der Waals surface area (Å²) in [6.07, 6.45) is 3.25. The van der Waals surface area contributed by atoms with Gasteiger partial charge in [0.15, 0.2) is 6.29 Å². The maximum absolute atomic E-state index is 12.4. The summed E-state index contributed by atoms with van der Waals surface area (Å²) in [5, 5.41) is 5.93. The molecule has 3 aromatic rings. The fraction of sp³-hybridized carbons (Fsp3) is 0.208. The topological polar surface area (TPSA) is 71.1 Å². The Morgan fingerprint density at radius 3 is 2.59 bits per heavy atom. The highest BCUT2D eigenvalue weighted by Gasteiger charge is 2.10. The molecule has 0 radical (unpaired) electrons. The zero-order chi connectivity index (χ0) is 20.6. The predicted octanol–water partition coefficient (Wildman–Crippen LogP) is 4.16.